The predicted octanol–water partition coefficient (Wildman–Crippen LogP) is 2.94. The van der Waals surface area contributed by atoms with Crippen molar-refractivity contribution in [3.63, 3.8) is 0 Å². The first-order valence-electron chi connectivity index (χ1n) is 6.65. The van der Waals surface area contributed by atoms with E-state index in [1.165, 1.54) is 16.8 Å². The van der Waals surface area contributed by atoms with E-state index < -0.39 is 0 Å². The molecule has 0 aliphatic carbocycles. The molecule has 3 rings (SSSR count). The van der Waals surface area contributed by atoms with Gasteiger partial charge in [-0.1, -0.05) is 29.8 Å². The summed E-state index contributed by atoms with van der Waals surface area (Å²) < 4.78 is 0. The second-order valence-electron chi connectivity index (χ2n) is 5.24. The van der Waals surface area contributed by atoms with Gasteiger partial charge in [-0.25, -0.2) is 4.98 Å². The molecule has 0 amide bonds. The van der Waals surface area contributed by atoms with Crippen molar-refractivity contribution >= 4 is 23.7 Å². The van der Waals surface area contributed by atoms with Gasteiger partial charge in [-0.05, 0) is 14.0 Å². The Morgan fingerprint density at radius 2 is 2.00 bits per heavy atom. The van der Waals surface area contributed by atoms with Crippen molar-refractivity contribution in [1.29, 1.82) is 0 Å². The number of benzene rings is 1. The van der Waals surface area contributed by atoms with Crippen LogP contribution in [0.3, 0.4) is 0 Å². The minimum absolute atomic E-state index is 0. The zero-order valence-corrected chi connectivity index (χ0v) is 13.4. The van der Waals surface area contributed by atoms with E-state index in [0.29, 0.717) is 6.04 Å². The van der Waals surface area contributed by atoms with Crippen molar-refractivity contribution in [2.45, 2.75) is 19.5 Å². The van der Waals surface area contributed by atoms with Gasteiger partial charge in [-0.15, -0.1) is 23.7 Å². The molecule has 2 heterocycles. The Morgan fingerprint density at radius 1 is 1.30 bits per heavy atom. The lowest BCUT2D eigenvalue weighted by Crippen LogP contribution is -2.55. The Labute approximate surface area is 130 Å². The molecule has 5 heteroatoms. The lowest BCUT2D eigenvalue weighted by molar-refractivity contribution is 0.171. The van der Waals surface area contributed by atoms with Gasteiger partial charge in [0.25, 0.3) is 0 Å². The normalized spacial score (nSPS) is 14.9. The number of halogens is 1. The van der Waals surface area contributed by atoms with E-state index in [-0.39, 0.29) is 12.4 Å². The highest BCUT2D eigenvalue weighted by atomic mass is 35.5. The van der Waals surface area contributed by atoms with Crippen molar-refractivity contribution in [3.05, 3.63) is 40.9 Å². The maximum absolute atomic E-state index is 4.75. The van der Waals surface area contributed by atoms with Crippen LogP contribution in [0.15, 0.2) is 29.6 Å². The number of aromatic nitrogens is 1. The van der Waals surface area contributed by atoms with E-state index in [1.807, 2.05) is 0 Å². The number of rotatable bonds is 4. The standard InChI is InChI=1S/C15H19N3S.ClH/c1-11-3-5-12(6-4-11)15-17-13(10-19-15)9-18(2)14-7-16-8-14;/h3-6,10,14,16H,7-9H2,1-2H3;1H. The zero-order valence-electron chi connectivity index (χ0n) is 11.8. The SMILES string of the molecule is Cc1ccc(-c2nc(CN(C)C3CNC3)cs2)cc1.Cl. The average Bonchev–Trinajstić information content (AvgIpc) is 2.76. The van der Waals surface area contributed by atoms with Gasteiger partial charge in [-0.3, -0.25) is 4.90 Å². The van der Waals surface area contributed by atoms with Crippen LogP contribution in [0.1, 0.15) is 11.3 Å². The number of likely N-dealkylation sites (N-methyl/N-ethyl adjacent to an activating group) is 1. The van der Waals surface area contributed by atoms with Gasteiger partial charge < -0.3 is 5.32 Å². The van der Waals surface area contributed by atoms with E-state index in [1.54, 1.807) is 11.3 Å². The second-order valence-corrected chi connectivity index (χ2v) is 6.10. The van der Waals surface area contributed by atoms with E-state index >= 15 is 0 Å². The molecule has 2 aromatic rings. The average molecular weight is 310 g/mol. The minimum atomic E-state index is 0. The lowest BCUT2D eigenvalue weighted by atomic mass is 10.1. The lowest BCUT2D eigenvalue weighted by Gasteiger charge is -2.35. The third kappa shape index (κ3) is 3.38. The van der Waals surface area contributed by atoms with Crippen LogP contribution in [0.4, 0.5) is 0 Å². The molecular weight excluding hydrogens is 290 g/mol. The highest BCUT2D eigenvalue weighted by Gasteiger charge is 2.21. The summed E-state index contributed by atoms with van der Waals surface area (Å²) in [4.78, 5) is 7.13. The summed E-state index contributed by atoms with van der Waals surface area (Å²) in [7, 11) is 2.18. The van der Waals surface area contributed by atoms with Crippen LogP contribution in [-0.4, -0.2) is 36.1 Å². The molecule has 0 spiro atoms. The fourth-order valence-corrected chi connectivity index (χ4v) is 3.00. The Morgan fingerprint density at radius 3 is 2.60 bits per heavy atom. The van der Waals surface area contributed by atoms with Gasteiger partial charge in [0.1, 0.15) is 5.01 Å². The molecule has 1 aliphatic rings. The van der Waals surface area contributed by atoms with Crippen LogP contribution in [0.25, 0.3) is 10.6 Å². The largest absolute Gasteiger partial charge is 0.314 e. The van der Waals surface area contributed by atoms with E-state index in [9.17, 15) is 0 Å². The third-order valence-corrected chi connectivity index (χ3v) is 4.59. The fraction of sp³-hybridized carbons (Fsp3) is 0.400. The van der Waals surface area contributed by atoms with Crippen molar-refractivity contribution in [2.75, 3.05) is 20.1 Å². The van der Waals surface area contributed by atoms with Crippen LogP contribution in [0, 0.1) is 6.92 Å². The van der Waals surface area contributed by atoms with Crippen molar-refractivity contribution in [3.8, 4) is 10.6 Å². The minimum Gasteiger partial charge on any atom is -0.314 e. The number of hydrogen-bond donors (Lipinski definition) is 1. The number of thiazole rings is 1. The van der Waals surface area contributed by atoms with Crippen LogP contribution in [-0.2, 0) is 6.54 Å². The summed E-state index contributed by atoms with van der Waals surface area (Å²) >= 11 is 1.73. The predicted molar refractivity (Wildman–Crippen MR) is 87.7 cm³/mol. The van der Waals surface area contributed by atoms with Crippen molar-refractivity contribution in [1.82, 2.24) is 15.2 Å². The van der Waals surface area contributed by atoms with Gasteiger partial charge in [0.05, 0.1) is 5.69 Å². The molecule has 1 aromatic heterocycles. The molecule has 108 valence electrons. The Kier molecular flexibility index (Phi) is 5.16. The molecule has 0 saturated carbocycles. The molecule has 0 unspecified atom stereocenters. The summed E-state index contributed by atoms with van der Waals surface area (Å²) in [5.74, 6) is 0. The first-order chi connectivity index (χ1) is 9.22. The highest BCUT2D eigenvalue weighted by Crippen LogP contribution is 2.24. The molecular formula is C15H20ClN3S. The number of nitrogens with zero attached hydrogens (tertiary/aromatic N) is 2. The molecule has 20 heavy (non-hydrogen) atoms. The summed E-state index contributed by atoms with van der Waals surface area (Å²) in [6.07, 6.45) is 0. The van der Waals surface area contributed by atoms with Gasteiger partial charge in [0, 0.05) is 36.6 Å². The van der Waals surface area contributed by atoms with Crippen molar-refractivity contribution in [2.24, 2.45) is 0 Å². The Balaban J connectivity index is 0.00000147. The van der Waals surface area contributed by atoms with E-state index in [4.69, 9.17) is 4.98 Å². The van der Waals surface area contributed by atoms with Gasteiger partial charge in [0.2, 0.25) is 0 Å². The molecule has 0 bridgehead atoms. The molecule has 0 radical (unpaired) electrons. The first kappa shape index (κ1) is 15.4. The summed E-state index contributed by atoms with van der Waals surface area (Å²) in [6.45, 7) is 5.25. The monoisotopic (exact) mass is 309 g/mol. The maximum atomic E-state index is 4.75. The molecule has 3 nitrogen and oxygen atoms in total. The highest BCUT2D eigenvalue weighted by molar-refractivity contribution is 7.13. The molecule has 1 aromatic carbocycles. The summed E-state index contributed by atoms with van der Waals surface area (Å²) in [6, 6.07) is 9.25. The molecule has 0 atom stereocenters. The first-order valence-corrected chi connectivity index (χ1v) is 7.53. The van der Waals surface area contributed by atoms with Gasteiger partial charge in [-0.2, -0.15) is 0 Å². The van der Waals surface area contributed by atoms with Crippen LogP contribution < -0.4 is 5.32 Å². The van der Waals surface area contributed by atoms with E-state index in [2.05, 4.69) is 53.8 Å². The molecule has 1 fully saturated rings. The number of hydrogen-bond acceptors (Lipinski definition) is 4. The van der Waals surface area contributed by atoms with Crippen LogP contribution in [0.5, 0.6) is 0 Å². The van der Waals surface area contributed by atoms with Crippen LogP contribution in [0.2, 0.25) is 0 Å². The Bertz CT molecular complexity index is 549. The van der Waals surface area contributed by atoms with Gasteiger partial charge in [0.15, 0.2) is 0 Å². The summed E-state index contributed by atoms with van der Waals surface area (Å²) in [5, 5.41) is 6.60. The van der Waals surface area contributed by atoms with Gasteiger partial charge >= 0.3 is 0 Å². The number of aryl methyl sites for hydroxylation is 1. The van der Waals surface area contributed by atoms with Crippen molar-refractivity contribution < 1.29 is 0 Å². The quantitative estimate of drug-likeness (QED) is 0.941. The Hall–Kier alpha value is -0.940. The molecule has 1 N–H and O–H groups in total. The molecule has 1 aliphatic heterocycles. The third-order valence-electron chi connectivity index (χ3n) is 3.64. The fourth-order valence-electron chi connectivity index (χ4n) is 2.18. The summed E-state index contributed by atoms with van der Waals surface area (Å²) in [5.41, 5.74) is 3.68. The zero-order chi connectivity index (χ0) is 13.2. The van der Waals surface area contributed by atoms with Crippen LogP contribution >= 0.6 is 23.7 Å². The maximum Gasteiger partial charge on any atom is 0.123 e. The smallest absolute Gasteiger partial charge is 0.123 e. The number of nitrogens with one attached hydrogen (secondary N) is 1. The molecule has 1 saturated heterocycles. The van der Waals surface area contributed by atoms with E-state index in [0.717, 1.165) is 24.6 Å². The topological polar surface area (TPSA) is 28.2 Å². The second kappa shape index (κ2) is 6.68.